The van der Waals surface area contributed by atoms with Crippen LogP contribution in [0.25, 0.3) is 0 Å². The van der Waals surface area contributed by atoms with Crippen LogP contribution in [0, 0.1) is 12.8 Å². The Morgan fingerprint density at radius 1 is 0.757 bits per heavy atom. The van der Waals surface area contributed by atoms with Crippen LogP contribution < -0.4 is 34.6 Å². The lowest BCUT2D eigenvalue weighted by molar-refractivity contribution is -0.125. The van der Waals surface area contributed by atoms with Gasteiger partial charge >= 0.3 is 0 Å². The minimum Gasteiger partial charge on any atom is -0.493 e. The zero-order valence-electron chi connectivity index (χ0n) is 42.9. The Morgan fingerprint density at radius 3 is 1.92 bits per heavy atom. The predicted molar refractivity (Wildman–Crippen MR) is 296 cm³/mol. The van der Waals surface area contributed by atoms with Crippen LogP contribution in [0.2, 0.25) is 0 Å². The molecule has 0 aliphatic carbocycles. The number of hydrogen-bond acceptors (Lipinski definition) is 12. The molecule has 2 N–H and O–H groups in total. The van der Waals surface area contributed by atoms with Gasteiger partial charge in [-0.1, -0.05) is 71.8 Å². The maximum atomic E-state index is 14.1. The van der Waals surface area contributed by atoms with E-state index in [0.717, 1.165) is 40.0 Å². The first-order valence-electron chi connectivity index (χ1n) is 25.1. The molecule has 5 aromatic carbocycles. The molecule has 1 unspecified atom stereocenters. The highest BCUT2D eigenvalue weighted by Gasteiger charge is 2.38. The monoisotopic (exact) mass is 1030 g/mol. The van der Waals surface area contributed by atoms with Gasteiger partial charge in [0.2, 0.25) is 11.8 Å². The molecule has 0 radical (unpaired) electrons. The van der Waals surface area contributed by atoms with E-state index in [2.05, 4.69) is 31.4 Å². The summed E-state index contributed by atoms with van der Waals surface area (Å²) in [5.41, 5.74) is 8.54. The number of nitrogens with zero attached hydrogens (tertiary/aromatic N) is 4. The van der Waals surface area contributed by atoms with Crippen molar-refractivity contribution in [3.63, 3.8) is 0 Å². The quantitative estimate of drug-likeness (QED) is 0.0716. The Kier molecular flexibility index (Phi) is 15.7. The average Bonchev–Trinajstić information content (AvgIpc) is 3.89. The normalized spacial score (nSPS) is 16.9. The first-order valence-corrected chi connectivity index (χ1v) is 27.3. The summed E-state index contributed by atoms with van der Waals surface area (Å²) in [6, 6.07) is 28.0. The number of amides is 4. The van der Waals surface area contributed by atoms with Crippen LogP contribution in [-0.2, 0) is 40.4 Å². The molecule has 0 saturated heterocycles. The molecular formula is C58H62N6O8S2. The molecule has 4 atom stereocenters. The molecule has 5 aromatic rings. The number of ketones is 1. The molecule has 16 heteroatoms. The van der Waals surface area contributed by atoms with Crippen molar-refractivity contribution in [3.05, 3.63) is 130 Å². The summed E-state index contributed by atoms with van der Waals surface area (Å²) in [6.07, 6.45) is 7.33. The largest absolute Gasteiger partial charge is 0.493 e. The molecule has 9 rings (SSSR count). The molecule has 0 bridgehead atoms. The highest BCUT2D eigenvalue weighted by atomic mass is 33.1. The lowest BCUT2D eigenvalue weighted by atomic mass is 9.97. The van der Waals surface area contributed by atoms with E-state index < -0.39 is 5.92 Å². The van der Waals surface area contributed by atoms with Crippen molar-refractivity contribution in [2.24, 2.45) is 15.9 Å². The Labute approximate surface area is 440 Å². The highest BCUT2D eigenvalue weighted by molar-refractivity contribution is 8.77. The minimum atomic E-state index is -0.608. The molecule has 0 spiro atoms. The number of aryl methyl sites for hydroxylation is 1. The Morgan fingerprint density at radius 2 is 1.32 bits per heavy atom. The van der Waals surface area contributed by atoms with Gasteiger partial charge < -0.3 is 24.8 Å². The minimum absolute atomic E-state index is 0.00791. The molecule has 4 aliphatic rings. The number of ether oxygens (including phenoxy) is 3. The lowest BCUT2D eigenvalue weighted by Gasteiger charge is -2.25. The number of methoxy groups -OCH3 is 1. The topological polar surface area (TPSA) is 168 Å². The molecule has 0 fully saturated rings. The number of hydrogen-bond donors (Lipinski definition) is 2. The van der Waals surface area contributed by atoms with Gasteiger partial charge in [0.25, 0.3) is 11.8 Å². The van der Waals surface area contributed by atoms with Gasteiger partial charge in [-0.2, -0.15) is 0 Å². The van der Waals surface area contributed by atoms with Gasteiger partial charge in [-0.15, -0.1) is 0 Å². The van der Waals surface area contributed by atoms with Crippen molar-refractivity contribution in [2.75, 3.05) is 29.3 Å². The molecule has 0 aromatic heterocycles. The van der Waals surface area contributed by atoms with Crippen molar-refractivity contribution in [3.8, 4) is 17.2 Å². The number of Topliss-reactive ketones (excluding diaryl/α,β-unsaturated/α-hetero) is 1. The second kappa shape index (κ2) is 22.3. The summed E-state index contributed by atoms with van der Waals surface area (Å²) in [6.45, 7) is 10.1. The maximum Gasteiger partial charge on any atom is 0.261 e. The summed E-state index contributed by atoms with van der Waals surface area (Å²) in [5.74, 6) is 0.142. The number of benzene rings is 5. The van der Waals surface area contributed by atoms with Crippen molar-refractivity contribution in [2.45, 2.75) is 115 Å². The summed E-state index contributed by atoms with van der Waals surface area (Å²) < 4.78 is 18.6. The van der Waals surface area contributed by atoms with E-state index in [1.165, 1.54) is 7.11 Å². The lowest BCUT2D eigenvalue weighted by Crippen LogP contribution is -2.37. The number of nitrogens with one attached hydrogen (secondary N) is 2. The first kappa shape index (κ1) is 52.0. The molecule has 4 heterocycles. The van der Waals surface area contributed by atoms with Crippen molar-refractivity contribution < 1.29 is 38.2 Å². The fourth-order valence-electron chi connectivity index (χ4n) is 9.72. The summed E-state index contributed by atoms with van der Waals surface area (Å²) in [5, 5.41) is 6.01. The zero-order valence-corrected chi connectivity index (χ0v) is 44.5. The summed E-state index contributed by atoms with van der Waals surface area (Å²) >= 11 is 0. The fraction of sp³-hybridized carbons (Fsp3) is 0.362. The fourth-order valence-corrected chi connectivity index (χ4v) is 12.4. The summed E-state index contributed by atoms with van der Waals surface area (Å²) in [7, 11) is 6.62. The summed E-state index contributed by atoms with van der Waals surface area (Å²) in [4.78, 5) is 80.2. The zero-order chi connectivity index (χ0) is 52.3. The van der Waals surface area contributed by atoms with Gasteiger partial charge in [0.1, 0.15) is 24.7 Å². The molecule has 0 saturated carbocycles. The second-order valence-corrected chi connectivity index (χ2v) is 23.4. The number of carbonyl (C=O) groups is 5. The van der Waals surface area contributed by atoms with Gasteiger partial charge in [0, 0.05) is 96.7 Å². The van der Waals surface area contributed by atoms with E-state index in [9.17, 15) is 24.0 Å². The molecule has 74 heavy (non-hydrogen) atoms. The van der Waals surface area contributed by atoms with Crippen molar-refractivity contribution in [1.82, 2.24) is 5.32 Å². The van der Waals surface area contributed by atoms with E-state index in [0.29, 0.717) is 83.1 Å². The number of carbonyl (C=O) groups excluding carboxylic acids is 5. The van der Waals surface area contributed by atoms with Crippen LogP contribution in [0.1, 0.15) is 108 Å². The number of anilines is 3. The van der Waals surface area contributed by atoms with Gasteiger partial charge in [0.15, 0.2) is 11.5 Å². The Balaban J connectivity index is 0.909. The third-order valence-electron chi connectivity index (χ3n) is 13.9. The standard InChI is InChI=1S/C58H62N6O8S2/c1-34-21-45-47(60-30-42-25-39-12-8-10-14-49(39)63(42)56(45)68)28-51(34)71-32-37-22-38(24-41(23-37)62-55(67)35(2)20-44(65)18-19-58(4,5)74-73-36(3)16-17-54(66)59-6)33-72-53-29-48-46(27-52(53)70-7)57(69)64-43(31-61-48)26-40-13-9-11-15-50(40)64/h8-15,21-24,27-31,35-36,42-43H,16-20,25-26,32-33H2,1-7H3,(H,59,66)(H,62,67)/t35-,36?,42+,43+/m1/s1. The van der Waals surface area contributed by atoms with E-state index in [1.807, 2.05) is 97.0 Å². The van der Waals surface area contributed by atoms with E-state index >= 15 is 0 Å². The van der Waals surface area contributed by atoms with Crippen LogP contribution >= 0.6 is 21.6 Å². The SMILES string of the molecule is CNC(=O)CCC(C)SSC(C)(C)CCC(=O)C[C@@H](C)C(=O)Nc1cc(COc2cc3c(cc2C)C(=O)N2c4ccccc4C[C@H]2C=N3)cc(COc2cc3c(cc2OC)C(=O)N2c4ccccc4C[C@H]2C=N3)c1. The van der Waals surface area contributed by atoms with Crippen LogP contribution in [0.5, 0.6) is 17.2 Å². The molecule has 4 aliphatic heterocycles. The van der Waals surface area contributed by atoms with Crippen LogP contribution in [0.3, 0.4) is 0 Å². The van der Waals surface area contributed by atoms with Gasteiger partial charge in [-0.3, -0.25) is 43.8 Å². The Bertz CT molecular complexity index is 3080. The van der Waals surface area contributed by atoms with E-state index in [-0.39, 0.29) is 71.1 Å². The molecule has 384 valence electrons. The predicted octanol–water partition coefficient (Wildman–Crippen LogP) is 11.1. The number of rotatable bonds is 20. The molecule has 4 amide bonds. The van der Waals surface area contributed by atoms with Gasteiger partial charge in [0.05, 0.1) is 41.7 Å². The smallest absolute Gasteiger partial charge is 0.261 e. The van der Waals surface area contributed by atoms with Crippen molar-refractivity contribution in [1.29, 1.82) is 0 Å². The highest BCUT2D eigenvalue weighted by Crippen LogP contribution is 2.44. The number of para-hydroxylation sites is 2. The number of fused-ring (bicyclic) bond motifs is 8. The first-order chi connectivity index (χ1) is 35.6. The maximum absolute atomic E-state index is 14.1. The van der Waals surface area contributed by atoms with Gasteiger partial charge in [-0.25, -0.2) is 0 Å². The van der Waals surface area contributed by atoms with Crippen LogP contribution in [0.15, 0.2) is 101 Å². The number of aliphatic imine (C=N–C) groups is 2. The van der Waals surface area contributed by atoms with E-state index in [4.69, 9.17) is 24.2 Å². The van der Waals surface area contributed by atoms with Gasteiger partial charge in [-0.05, 0) is 104 Å². The average molecular weight is 1040 g/mol. The van der Waals surface area contributed by atoms with E-state index in [1.54, 1.807) is 58.7 Å². The molecule has 14 nitrogen and oxygen atoms in total. The second-order valence-electron chi connectivity index (χ2n) is 20.1. The third kappa shape index (κ3) is 11.6. The molecular weight excluding hydrogens is 973 g/mol. The van der Waals surface area contributed by atoms with Crippen LogP contribution in [0.4, 0.5) is 28.4 Å². The Hall–Kier alpha value is -6.91. The third-order valence-corrected chi connectivity index (χ3v) is 17.8. The van der Waals surface area contributed by atoms with Crippen molar-refractivity contribution >= 4 is 91.9 Å². The van der Waals surface area contributed by atoms with Crippen LogP contribution in [-0.4, -0.2) is 78.1 Å².